The Morgan fingerprint density at radius 1 is 1.64 bits per heavy atom. The third-order valence-corrected chi connectivity index (χ3v) is 1.97. The van der Waals surface area contributed by atoms with E-state index in [0.717, 1.165) is 11.5 Å². The number of hydrogen-bond donors (Lipinski definition) is 1. The van der Waals surface area contributed by atoms with E-state index < -0.39 is 0 Å². The quantitative estimate of drug-likeness (QED) is 0.802. The summed E-state index contributed by atoms with van der Waals surface area (Å²) >= 11 is 1.12. The molecule has 0 saturated heterocycles. The van der Waals surface area contributed by atoms with Gasteiger partial charge in [-0.3, -0.25) is 4.79 Å². The predicted molar refractivity (Wildman–Crippen MR) is 49.1 cm³/mol. The van der Waals surface area contributed by atoms with E-state index in [1.807, 2.05) is 0 Å². The molecule has 0 atom stereocenters. The molecule has 14 heavy (non-hydrogen) atoms. The molecule has 0 aliphatic rings. The molecule has 72 valence electrons. The van der Waals surface area contributed by atoms with Crippen molar-refractivity contribution in [2.24, 2.45) is 0 Å². The number of rotatable bonds is 2. The Kier molecular flexibility index (Phi) is 2.23. The minimum Gasteiger partial charge on any atom is -0.360 e. The van der Waals surface area contributed by atoms with Crippen LogP contribution in [0.25, 0.3) is 0 Å². The van der Waals surface area contributed by atoms with Crippen LogP contribution in [0.2, 0.25) is 0 Å². The van der Waals surface area contributed by atoms with Crippen LogP contribution in [-0.4, -0.2) is 20.7 Å². The van der Waals surface area contributed by atoms with Crippen molar-refractivity contribution in [2.75, 3.05) is 5.32 Å². The first-order valence-electron chi connectivity index (χ1n) is 3.77. The smallest absolute Gasteiger partial charge is 0.278 e. The van der Waals surface area contributed by atoms with Gasteiger partial charge in [-0.2, -0.15) is 0 Å². The van der Waals surface area contributed by atoms with Gasteiger partial charge in [0.15, 0.2) is 11.5 Å². The zero-order valence-corrected chi connectivity index (χ0v) is 8.04. The number of nitrogens with zero attached hydrogens (tertiary/aromatic N) is 3. The lowest BCUT2D eigenvalue weighted by molar-refractivity contribution is 0.102. The van der Waals surface area contributed by atoms with Gasteiger partial charge < -0.3 is 9.84 Å². The molecular weight excluding hydrogens is 204 g/mol. The van der Waals surface area contributed by atoms with E-state index in [-0.39, 0.29) is 11.6 Å². The summed E-state index contributed by atoms with van der Waals surface area (Å²) in [7, 11) is 0. The Morgan fingerprint density at radius 3 is 3.07 bits per heavy atom. The summed E-state index contributed by atoms with van der Waals surface area (Å²) in [4.78, 5) is 11.4. The van der Waals surface area contributed by atoms with Gasteiger partial charge >= 0.3 is 0 Å². The SMILES string of the molecule is Cc1cc(NC(=O)c2csnn2)no1. The average Bonchev–Trinajstić information content (AvgIpc) is 2.75. The zero-order chi connectivity index (χ0) is 9.97. The third-order valence-electron chi connectivity index (χ3n) is 1.46. The number of amides is 1. The van der Waals surface area contributed by atoms with Crippen molar-refractivity contribution in [3.8, 4) is 0 Å². The van der Waals surface area contributed by atoms with E-state index in [1.54, 1.807) is 18.4 Å². The third kappa shape index (κ3) is 1.77. The summed E-state index contributed by atoms with van der Waals surface area (Å²) in [5.74, 6) is 0.671. The van der Waals surface area contributed by atoms with Crippen molar-refractivity contribution in [3.63, 3.8) is 0 Å². The van der Waals surface area contributed by atoms with Crippen molar-refractivity contribution >= 4 is 23.3 Å². The minimum absolute atomic E-state index is 0.274. The molecule has 0 aromatic carbocycles. The van der Waals surface area contributed by atoms with Gasteiger partial charge in [-0.15, -0.1) is 5.10 Å². The number of aryl methyl sites for hydroxylation is 1. The highest BCUT2D eigenvalue weighted by Crippen LogP contribution is 2.08. The molecular formula is C7H6N4O2S. The molecule has 2 heterocycles. The molecule has 2 aromatic rings. The van der Waals surface area contributed by atoms with Crippen molar-refractivity contribution in [1.29, 1.82) is 0 Å². The van der Waals surface area contributed by atoms with Crippen LogP contribution in [0.4, 0.5) is 5.82 Å². The Hall–Kier alpha value is -1.76. The lowest BCUT2D eigenvalue weighted by atomic mass is 10.4. The van der Waals surface area contributed by atoms with Crippen LogP contribution in [0.5, 0.6) is 0 Å². The molecule has 0 unspecified atom stereocenters. The number of nitrogens with one attached hydrogen (secondary N) is 1. The van der Waals surface area contributed by atoms with Gasteiger partial charge in [0.25, 0.3) is 5.91 Å². The number of hydrogen-bond acceptors (Lipinski definition) is 6. The number of anilines is 1. The van der Waals surface area contributed by atoms with Crippen LogP contribution < -0.4 is 5.32 Å². The molecule has 0 bridgehead atoms. The highest BCUT2D eigenvalue weighted by Gasteiger charge is 2.10. The van der Waals surface area contributed by atoms with E-state index in [1.165, 1.54) is 0 Å². The van der Waals surface area contributed by atoms with Gasteiger partial charge in [0.05, 0.1) is 0 Å². The average molecular weight is 210 g/mol. The second kappa shape index (κ2) is 3.54. The minimum atomic E-state index is -0.341. The van der Waals surface area contributed by atoms with E-state index in [0.29, 0.717) is 11.6 Å². The van der Waals surface area contributed by atoms with Gasteiger partial charge in [0, 0.05) is 11.4 Å². The number of carbonyl (C=O) groups excluding carboxylic acids is 1. The summed E-state index contributed by atoms with van der Waals surface area (Å²) in [5, 5.41) is 11.3. The van der Waals surface area contributed by atoms with Crippen LogP contribution in [0.3, 0.4) is 0 Å². The Morgan fingerprint density at radius 2 is 2.50 bits per heavy atom. The van der Waals surface area contributed by atoms with Crippen LogP contribution in [-0.2, 0) is 0 Å². The fourth-order valence-electron chi connectivity index (χ4n) is 0.869. The second-order valence-corrected chi connectivity index (χ2v) is 3.18. The fraction of sp³-hybridized carbons (Fsp3) is 0.143. The summed E-state index contributed by atoms with van der Waals surface area (Å²) in [5.41, 5.74) is 0.274. The van der Waals surface area contributed by atoms with Crippen molar-refractivity contribution in [1.82, 2.24) is 14.7 Å². The van der Waals surface area contributed by atoms with Gasteiger partial charge in [-0.25, -0.2) is 0 Å². The number of carbonyl (C=O) groups is 1. The van der Waals surface area contributed by atoms with Crippen LogP contribution in [0.1, 0.15) is 16.2 Å². The first-order chi connectivity index (χ1) is 6.75. The summed E-state index contributed by atoms with van der Waals surface area (Å²) in [6.07, 6.45) is 0. The summed E-state index contributed by atoms with van der Waals surface area (Å²) in [6, 6.07) is 1.62. The first kappa shape index (κ1) is 8.82. The van der Waals surface area contributed by atoms with Gasteiger partial charge in [0.1, 0.15) is 5.76 Å². The highest BCUT2D eigenvalue weighted by atomic mass is 32.1. The van der Waals surface area contributed by atoms with Crippen LogP contribution in [0, 0.1) is 6.92 Å². The molecule has 0 aliphatic heterocycles. The van der Waals surface area contributed by atoms with Gasteiger partial charge in [-0.05, 0) is 18.5 Å². The molecule has 0 saturated carbocycles. The monoisotopic (exact) mass is 210 g/mol. The zero-order valence-electron chi connectivity index (χ0n) is 7.22. The lowest BCUT2D eigenvalue weighted by Crippen LogP contribution is -2.12. The van der Waals surface area contributed by atoms with E-state index in [9.17, 15) is 4.79 Å². The van der Waals surface area contributed by atoms with Crippen molar-refractivity contribution in [2.45, 2.75) is 6.92 Å². The summed E-state index contributed by atoms with van der Waals surface area (Å²) < 4.78 is 8.36. The molecule has 2 rings (SSSR count). The molecule has 7 heteroatoms. The number of aromatic nitrogens is 3. The molecule has 1 N–H and O–H groups in total. The normalized spacial score (nSPS) is 10.1. The fourth-order valence-corrected chi connectivity index (χ4v) is 1.31. The van der Waals surface area contributed by atoms with E-state index in [2.05, 4.69) is 20.1 Å². The summed E-state index contributed by atoms with van der Waals surface area (Å²) in [6.45, 7) is 1.74. The maximum absolute atomic E-state index is 11.4. The molecule has 6 nitrogen and oxygen atoms in total. The lowest BCUT2D eigenvalue weighted by Gasteiger charge is -1.94. The molecule has 2 aromatic heterocycles. The first-order valence-corrected chi connectivity index (χ1v) is 4.61. The van der Waals surface area contributed by atoms with Crippen molar-refractivity contribution < 1.29 is 9.32 Å². The maximum Gasteiger partial charge on any atom is 0.278 e. The molecule has 0 fully saturated rings. The Labute approximate surface area is 83.1 Å². The van der Waals surface area contributed by atoms with Crippen LogP contribution >= 0.6 is 11.5 Å². The Balaban J connectivity index is 2.09. The standard InChI is InChI=1S/C7H6N4O2S/c1-4-2-6(10-13-4)8-7(12)5-3-14-11-9-5/h2-3H,1H3,(H,8,10,12). The maximum atomic E-state index is 11.4. The predicted octanol–water partition coefficient (Wildman–Crippen LogP) is 1.09. The molecule has 1 amide bonds. The van der Waals surface area contributed by atoms with Gasteiger partial charge in [0.2, 0.25) is 0 Å². The van der Waals surface area contributed by atoms with E-state index in [4.69, 9.17) is 4.52 Å². The molecule has 0 radical (unpaired) electrons. The highest BCUT2D eigenvalue weighted by molar-refractivity contribution is 7.03. The van der Waals surface area contributed by atoms with Crippen LogP contribution in [0.15, 0.2) is 16.0 Å². The molecule has 0 aliphatic carbocycles. The van der Waals surface area contributed by atoms with Crippen molar-refractivity contribution in [3.05, 3.63) is 22.9 Å². The van der Waals surface area contributed by atoms with E-state index >= 15 is 0 Å². The Bertz CT molecular complexity index is 436. The topological polar surface area (TPSA) is 80.9 Å². The largest absolute Gasteiger partial charge is 0.360 e. The molecule has 0 spiro atoms. The second-order valence-electron chi connectivity index (χ2n) is 2.57. The van der Waals surface area contributed by atoms with Gasteiger partial charge in [-0.1, -0.05) is 9.64 Å².